The van der Waals surface area contributed by atoms with Crippen LogP contribution in [0.2, 0.25) is 0 Å². The minimum Gasteiger partial charge on any atom is -0.489 e. The number of halogens is 3. The third kappa shape index (κ3) is 6.61. The number of anilines is 1. The highest BCUT2D eigenvalue weighted by Gasteiger charge is 2.38. The quantitative estimate of drug-likeness (QED) is 0.320. The Morgan fingerprint density at radius 2 is 1.82 bits per heavy atom. The number of aliphatic carboxylic acids is 1. The number of hydrogen-bond acceptors (Lipinski definition) is 6. The van der Waals surface area contributed by atoms with Gasteiger partial charge in [0.05, 0.1) is 18.5 Å². The van der Waals surface area contributed by atoms with Crippen molar-refractivity contribution in [3.05, 3.63) is 83.4 Å². The normalized spacial score (nSPS) is 12.8. The van der Waals surface area contributed by atoms with Gasteiger partial charge in [-0.05, 0) is 64.5 Å². The number of rotatable bonds is 12. The summed E-state index contributed by atoms with van der Waals surface area (Å²) in [5.41, 5.74) is 1.16. The van der Waals surface area contributed by atoms with Gasteiger partial charge in [0, 0.05) is 18.8 Å². The maximum absolute atomic E-state index is 14.2. The molecule has 0 radical (unpaired) electrons. The molecule has 38 heavy (non-hydrogen) atoms. The van der Waals surface area contributed by atoms with Gasteiger partial charge in [0.15, 0.2) is 0 Å². The summed E-state index contributed by atoms with van der Waals surface area (Å²) in [6.45, 7) is 0.599. The van der Waals surface area contributed by atoms with Gasteiger partial charge in [0.1, 0.15) is 23.9 Å². The highest BCUT2D eigenvalue weighted by atomic mass is 19.4. The van der Waals surface area contributed by atoms with Gasteiger partial charge in [0.25, 0.3) is 0 Å². The molecule has 0 fully saturated rings. The third-order valence-corrected chi connectivity index (χ3v) is 5.87. The molecule has 1 heterocycles. The number of carboxylic acid groups (broad SMARTS) is 1. The average molecular weight is 530 g/mol. The number of fused-ring (bicyclic) bond motifs is 1. The Bertz CT molecular complexity index is 1290. The number of para-hydroxylation sites is 1. The minimum atomic E-state index is -4.23. The first-order chi connectivity index (χ1) is 18.3. The Kier molecular flexibility index (Phi) is 8.49. The predicted octanol–water partition coefficient (Wildman–Crippen LogP) is 4.96. The zero-order valence-corrected chi connectivity index (χ0v) is 20.2. The number of nitrogens with zero attached hydrogens (tertiary/aromatic N) is 1. The van der Waals surface area contributed by atoms with Crippen LogP contribution in [0, 0.1) is 0 Å². The second-order valence-electron chi connectivity index (χ2n) is 8.53. The predicted molar refractivity (Wildman–Crippen MR) is 131 cm³/mol. The molecule has 3 aromatic rings. The van der Waals surface area contributed by atoms with Crippen LogP contribution in [0.3, 0.4) is 0 Å². The van der Waals surface area contributed by atoms with E-state index in [4.69, 9.17) is 14.6 Å². The molecule has 11 heteroatoms. The van der Waals surface area contributed by atoms with Crippen LogP contribution >= 0.6 is 0 Å². The highest BCUT2D eigenvalue weighted by molar-refractivity contribution is 5.96. The Morgan fingerprint density at radius 3 is 2.55 bits per heavy atom. The van der Waals surface area contributed by atoms with Crippen LogP contribution in [0.5, 0.6) is 17.2 Å². The van der Waals surface area contributed by atoms with Crippen LogP contribution in [0.4, 0.5) is 19.0 Å². The van der Waals surface area contributed by atoms with Crippen molar-refractivity contribution in [3.63, 3.8) is 0 Å². The maximum Gasteiger partial charge on any atom is 0.416 e. The zero-order chi connectivity index (χ0) is 27.1. The molecule has 0 saturated carbocycles. The summed E-state index contributed by atoms with van der Waals surface area (Å²) in [4.78, 5) is 27.6. The zero-order valence-electron chi connectivity index (χ0n) is 20.2. The molecule has 2 N–H and O–H groups in total. The van der Waals surface area contributed by atoms with Gasteiger partial charge in [-0.15, -0.1) is 4.94 Å². The summed E-state index contributed by atoms with van der Waals surface area (Å²) in [5, 5.41) is 11.5. The first-order valence-electron chi connectivity index (χ1n) is 11.8. The molecule has 0 atom stereocenters. The van der Waals surface area contributed by atoms with Gasteiger partial charge >= 0.3 is 12.1 Å². The van der Waals surface area contributed by atoms with Crippen LogP contribution in [-0.2, 0) is 33.7 Å². The summed E-state index contributed by atoms with van der Waals surface area (Å²) in [5.74, 6) is -0.612. The summed E-state index contributed by atoms with van der Waals surface area (Å²) in [6.07, 6.45) is -3.71. The lowest BCUT2D eigenvalue weighted by molar-refractivity contribution is -0.364. The van der Waals surface area contributed by atoms with Crippen molar-refractivity contribution in [1.29, 1.82) is 0 Å². The first kappa shape index (κ1) is 27.0. The molecular formula is C27H25F3N2O6. The maximum atomic E-state index is 14.2. The van der Waals surface area contributed by atoms with E-state index in [0.29, 0.717) is 30.0 Å². The average Bonchev–Trinajstić information content (AvgIpc) is 3.34. The van der Waals surface area contributed by atoms with Crippen molar-refractivity contribution in [2.45, 2.75) is 25.6 Å². The van der Waals surface area contributed by atoms with E-state index >= 15 is 0 Å². The number of hydrogen-bond donors (Lipinski definition) is 2. The van der Waals surface area contributed by atoms with Crippen molar-refractivity contribution in [3.8, 4) is 17.2 Å². The molecular weight excluding hydrogens is 505 g/mol. The summed E-state index contributed by atoms with van der Waals surface area (Å²) < 4.78 is 52.4. The minimum absolute atomic E-state index is 0.0184. The smallest absolute Gasteiger partial charge is 0.416 e. The Morgan fingerprint density at radius 1 is 1.03 bits per heavy atom. The molecule has 0 aromatic heterocycles. The lowest BCUT2D eigenvalue weighted by atomic mass is 10.1. The van der Waals surface area contributed by atoms with E-state index in [1.165, 1.54) is 12.1 Å². The van der Waals surface area contributed by atoms with E-state index in [9.17, 15) is 22.9 Å². The second kappa shape index (κ2) is 12.0. The highest BCUT2D eigenvalue weighted by Crippen LogP contribution is 2.39. The van der Waals surface area contributed by atoms with Crippen molar-refractivity contribution >= 4 is 17.6 Å². The van der Waals surface area contributed by atoms with E-state index in [0.717, 1.165) is 17.3 Å². The number of alkyl halides is 2. The van der Waals surface area contributed by atoms with Crippen molar-refractivity contribution < 1.29 is 42.4 Å². The van der Waals surface area contributed by atoms with Crippen molar-refractivity contribution in [2.24, 2.45) is 0 Å². The summed E-state index contributed by atoms with van der Waals surface area (Å²) in [7, 11) is 0. The van der Waals surface area contributed by atoms with E-state index < -0.39 is 17.6 Å². The fourth-order valence-electron chi connectivity index (χ4n) is 4.02. The number of benzene rings is 3. The molecule has 3 aromatic carbocycles. The van der Waals surface area contributed by atoms with Gasteiger partial charge in [-0.3, -0.25) is 9.59 Å². The first-order valence-corrected chi connectivity index (χ1v) is 11.8. The van der Waals surface area contributed by atoms with Crippen LogP contribution in [0.1, 0.15) is 23.1 Å². The van der Waals surface area contributed by atoms with Gasteiger partial charge in [-0.25, -0.2) is 0 Å². The Labute approximate surface area is 216 Å². The van der Waals surface area contributed by atoms with E-state index in [1.807, 2.05) is 0 Å². The molecule has 0 aliphatic carbocycles. The van der Waals surface area contributed by atoms with Gasteiger partial charge < -0.3 is 24.8 Å². The fourth-order valence-corrected chi connectivity index (χ4v) is 4.02. The van der Waals surface area contributed by atoms with Crippen molar-refractivity contribution in [1.82, 2.24) is 5.32 Å². The summed E-state index contributed by atoms with van der Waals surface area (Å²) in [6, 6.07) is 17.3. The van der Waals surface area contributed by atoms with Crippen molar-refractivity contribution in [2.75, 3.05) is 24.5 Å². The lowest BCUT2D eigenvalue weighted by Gasteiger charge is -2.18. The largest absolute Gasteiger partial charge is 0.489 e. The molecule has 1 aliphatic rings. The number of nitrogens with one attached hydrogen (secondary N) is 1. The van der Waals surface area contributed by atoms with E-state index in [1.54, 1.807) is 53.4 Å². The molecule has 8 nitrogen and oxygen atoms in total. The molecule has 4 rings (SSSR count). The fraction of sp³-hybridized carbons (Fsp3) is 0.259. The molecule has 0 spiro atoms. The van der Waals surface area contributed by atoms with Crippen LogP contribution in [0.15, 0.2) is 66.7 Å². The molecule has 0 saturated heterocycles. The van der Waals surface area contributed by atoms with Gasteiger partial charge in [-0.1, -0.05) is 24.3 Å². The third-order valence-electron chi connectivity index (χ3n) is 5.87. The number of carbonyl (C=O) groups is 2. The van der Waals surface area contributed by atoms with E-state index in [-0.39, 0.29) is 37.8 Å². The summed E-state index contributed by atoms with van der Waals surface area (Å²) >= 11 is 0. The number of amides is 1. The second-order valence-corrected chi connectivity index (χ2v) is 8.53. The van der Waals surface area contributed by atoms with Crippen LogP contribution in [-0.4, -0.2) is 36.6 Å². The number of ether oxygens (including phenoxy) is 2. The molecule has 200 valence electrons. The SMILES string of the molecule is O=C(O)CCNCC(=O)N1CCc2cc(OCc3ccc(Oc4ccccc4)c(C(F)(F)OF)c3)ccc21. The molecule has 0 bridgehead atoms. The molecule has 0 unspecified atom stereocenters. The van der Waals surface area contributed by atoms with Crippen LogP contribution in [0.25, 0.3) is 0 Å². The Hall–Kier alpha value is -4.09. The molecule has 1 aliphatic heterocycles. The van der Waals surface area contributed by atoms with Gasteiger partial charge in [-0.2, -0.15) is 8.78 Å². The standard InChI is InChI=1S/C27H25F3N2O6/c28-27(29,38-30)22-14-18(6-9-24(22)37-20-4-2-1-3-5-20)17-36-21-7-8-23-19(15-21)11-13-32(23)25(33)16-31-12-10-26(34)35/h1-9,14-15,31H,10-13,16-17H2,(H,34,35). The number of carboxylic acids is 1. The van der Waals surface area contributed by atoms with Gasteiger partial charge in [0.2, 0.25) is 5.91 Å². The monoisotopic (exact) mass is 530 g/mol. The van der Waals surface area contributed by atoms with E-state index in [2.05, 4.69) is 10.3 Å². The topological polar surface area (TPSA) is 97.3 Å². The number of carbonyl (C=O) groups excluding carboxylic acids is 1. The van der Waals surface area contributed by atoms with Crippen LogP contribution < -0.4 is 19.7 Å². The Balaban J connectivity index is 1.42. The lowest BCUT2D eigenvalue weighted by Crippen LogP contribution is -2.37. The molecule has 1 amide bonds.